The number of rotatable bonds is 5. The number of aryl methyl sites for hydroxylation is 3. The van der Waals surface area contributed by atoms with E-state index in [0.29, 0.717) is 5.75 Å². The second-order valence-corrected chi connectivity index (χ2v) is 8.91. The van der Waals surface area contributed by atoms with Crippen LogP contribution in [0.1, 0.15) is 16.7 Å². The van der Waals surface area contributed by atoms with E-state index in [0.717, 1.165) is 70.8 Å². The van der Waals surface area contributed by atoms with E-state index in [1.807, 2.05) is 25.1 Å². The zero-order valence-electron chi connectivity index (χ0n) is 19.4. The lowest BCUT2D eigenvalue weighted by Gasteiger charge is -2.18. The third kappa shape index (κ3) is 3.46. The second-order valence-electron chi connectivity index (χ2n) is 8.91. The van der Waals surface area contributed by atoms with Gasteiger partial charge in [-0.15, -0.1) is 0 Å². The number of pyridine rings is 1. The third-order valence-electron chi connectivity index (χ3n) is 6.83. The summed E-state index contributed by atoms with van der Waals surface area (Å²) in [5.74, 6) is 2.81. The van der Waals surface area contributed by atoms with Gasteiger partial charge in [-0.25, -0.2) is 0 Å². The van der Waals surface area contributed by atoms with Gasteiger partial charge in [-0.2, -0.15) is 4.57 Å². The Hall–Kier alpha value is -3.93. The molecule has 34 heavy (non-hydrogen) atoms. The summed E-state index contributed by atoms with van der Waals surface area (Å²) in [5, 5.41) is 15.9. The van der Waals surface area contributed by atoms with Gasteiger partial charge in [0.15, 0.2) is 24.2 Å². The molecule has 0 saturated heterocycles. The molecule has 0 bridgehead atoms. The molecular formula is C28H27N2O4+. The highest BCUT2D eigenvalue weighted by molar-refractivity contribution is 5.97. The molecule has 2 aliphatic rings. The number of hydrogen-bond acceptors (Lipinski definition) is 5. The van der Waals surface area contributed by atoms with Gasteiger partial charge in [0.1, 0.15) is 11.5 Å². The molecule has 172 valence electrons. The lowest BCUT2D eigenvalue weighted by atomic mass is 9.95. The molecule has 6 rings (SSSR count). The second kappa shape index (κ2) is 8.13. The van der Waals surface area contributed by atoms with Gasteiger partial charge in [-0.05, 0) is 59.7 Å². The maximum atomic E-state index is 10.0. The van der Waals surface area contributed by atoms with Crippen LogP contribution in [0.2, 0.25) is 0 Å². The van der Waals surface area contributed by atoms with Gasteiger partial charge in [0, 0.05) is 19.0 Å². The van der Waals surface area contributed by atoms with Crippen molar-refractivity contribution in [2.45, 2.75) is 26.3 Å². The Morgan fingerprint density at radius 2 is 1.91 bits per heavy atom. The fourth-order valence-corrected chi connectivity index (χ4v) is 4.92. The summed E-state index contributed by atoms with van der Waals surface area (Å²) in [4.78, 5) is 0. The molecule has 0 spiro atoms. The standard InChI is InChI=1S/C28H26N2O4/c1-17-3-4-18(11-24(17)31)7-9-29-28-22-15-30-10-8-20-13-26-27(34-16-33-26)14-21(20)23(30)12-19(22)5-6-25(28)32-2/h3-6,11-15,31H,7-10,16H2,1-2H3/p+1. The average Bonchev–Trinajstić information content (AvgIpc) is 3.31. The highest BCUT2D eigenvalue weighted by atomic mass is 16.7. The number of nitrogens with one attached hydrogen (secondary N) is 1. The quantitative estimate of drug-likeness (QED) is 0.425. The van der Waals surface area contributed by atoms with Crippen LogP contribution in [0.15, 0.2) is 54.7 Å². The minimum absolute atomic E-state index is 0.285. The van der Waals surface area contributed by atoms with Crippen molar-refractivity contribution in [3.8, 4) is 34.3 Å². The normalized spacial score (nSPS) is 13.5. The van der Waals surface area contributed by atoms with Crippen molar-refractivity contribution in [1.29, 1.82) is 0 Å². The molecule has 0 atom stereocenters. The van der Waals surface area contributed by atoms with E-state index in [4.69, 9.17) is 14.2 Å². The summed E-state index contributed by atoms with van der Waals surface area (Å²) in [6.45, 7) is 3.82. The number of fused-ring (bicyclic) bond motifs is 5. The summed E-state index contributed by atoms with van der Waals surface area (Å²) in [5.41, 5.74) is 6.64. The molecule has 2 aliphatic heterocycles. The van der Waals surface area contributed by atoms with Crippen LogP contribution in [0.5, 0.6) is 23.0 Å². The number of methoxy groups -OCH3 is 1. The molecule has 6 nitrogen and oxygen atoms in total. The van der Waals surface area contributed by atoms with E-state index in [9.17, 15) is 5.11 Å². The Morgan fingerprint density at radius 3 is 2.74 bits per heavy atom. The van der Waals surface area contributed by atoms with E-state index in [1.54, 1.807) is 7.11 Å². The molecule has 0 amide bonds. The number of phenols is 1. The molecule has 6 heteroatoms. The van der Waals surface area contributed by atoms with Crippen molar-refractivity contribution in [1.82, 2.24) is 0 Å². The Balaban J connectivity index is 1.35. The van der Waals surface area contributed by atoms with Gasteiger partial charge in [0.05, 0.1) is 23.7 Å². The first kappa shape index (κ1) is 20.7. The first-order valence-electron chi connectivity index (χ1n) is 11.6. The van der Waals surface area contributed by atoms with Crippen LogP contribution in [0.4, 0.5) is 5.69 Å². The number of anilines is 1. The smallest absolute Gasteiger partial charge is 0.231 e. The first-order valence-corrected chi connectivity index (χ1v) is 11.6. The predicted octanol–water partition coefficient (Wildman–Crippen LogP) is 4.76. The number of nitrogens with zero attached hydrogens (tertiary/aromatic N) is 1. The number of phenolic OH excluding ortho intramolecular Hbond substituents is 1. The molecule has 0 unspecified atom stereocenters. The van der Waals surface area contributed by atoms with E-state index in [1.165, 1.54) is 16.8 Å². The Kier molecular flexibility index (Phi) is 4.94. The summed E-state index contributed by atoms with van der Waals surface area (Å²) in [7, 11) is 1.70. The van der Waals surface area contributed by atoms with E-state index < -0.39 is 0 Å². The lowest BCUT2D eigenvalue weighted by molar-refractivity contribution is -0.686. The Morgan fingerprint density at radius 1 is 1.06 bits per heavy atom. The van der Waals surface area contributed by atoms with Gasteiger partial charge in [0.2, 0.25) is 12.5 Å². The van der Waals surface area contributed by atoms with Gasteiger partial charge < -0.3 is 24.6 Å². The number of hydrogen-bond donors (Lipinski definition) is 2. The monoisotopic (exact) mass is 455 g/mol. The van der Waals surface area contributed by atoms with Gasteiger partial charge in [-0.1, -0.05) is 18.2 Å². The molecule has 3 aromatic carbocycles. The maximum absolute atomic E-state index is 10.0. The van der Waals surface area contributed by atoms with Crippen molar-refractivity contribution < 1.29 is 23.9 Å². The SMILES string of the molecule is COc1ccc2cc3[n+](cc2c1NCCc1ccc(C)c(O)c1)CCc1cc2c(cc1-3)OCO2. The molecular weight excluding hydrogens is 428 g/mol. The molecule has 3 heterocycles. The number of benzene rings is 3. The van der Waals surface area contributed by atoms with Crippen LogP contribution in [0, 0.1) is 6.92 Å². The summed E-state index contributed by atoms with van der Waals surface area (Å²) in [6, 6.07) is 16.5. The minimum Gasteiger partial charge on any atom is -0.508 e. The van der Waals surface area contributed by atoms with Crippen molar-refractivity contribution in [3.63, 3.8) is 0 Å². The predicted molar refractivity (Wildman–Crippen MR) is 131 cm³/mol. The largest absolute Gasteiger partial charge is 0.508 e. The Labute approximate surface area is 198 Å². The van der Waals surface area contributed by atoms with Crippen molar-refractivity contribution in [3.05, 3.63) is 71.4 Å². The molecule has 0 radical (unpaired) electrons. The molecule has 0 aliphatic carbocycles. The molecule has 2 N–H and O–H groups in total. The van der Waals surface area contributed by atoms with Gasteiger partial charge >= 0.3 is 0 Å². The third-order valence-corrected chi connectivity index (χ3v) is 6.83. The van der Waals surface area contributed by atoms with Crippen LogP contribution in [0.25, 0.3) is 22.0 Å². The minimum atomic E-state index is 0.285. The maximum Gasteiger partial charge on any atom is 0.231 e. The number of aromatic nitrogens is 1. The van der Waals surface area contributed by atoms with Crippen LogP contribution < -0.4 is 24.1 Å². The first-order chi connectivity index (χ1) is 16.6. The zero-order chi connectivity index (χ0) is 23.2. The van der Waals surface area contributed by atoms with Gasteiger partial charge in [-0.3, -0.25) is 0 Å². The highest BCUT2D eigenvalue weighted by Gasteiger charge is 2.28. The number of ether oxygens (including phenoxy) is 3. The number of aromatic hydroxyl groups is 1. The fourth-order valence-electron chi connectivity index (χ4n) is 4.92. The van der Waals surface area contributed by atoms with Crippen molar-refractivity contribution in [2.75, 3.05) is 25.8 Å². The van der Waals surface area contributed by atoms with Crippen molar-refractivity contribution in [2.24, 2.45) is 0 Å². The van der Waals surface area contributed by atoms with E-state index >= 15 is 0 Å². The average molecular weight is 456 g/mol. The summed E-state index contributed by atoms with van der Waals surface area (Å²) >= 11 is 0. The summed E-state index contributed by atoms with van der Waals surface area (Å²) in [6.07, 6.45) is 3.96. The molecule has 4 aromatic rings. The van der Waals surface area contributed by atoms with Crippen LogP contribution >= 0.6 is 0 Å². The van der Waals surface area contributed by atoms with Gasteiger partial charge in [0.25, 0.3) is 0 Å². The van der Waals surface area contributed by atoms with Crippen LogP contribution in [0.3, 0.4) is 0 Å². The van der Waals surface area contributed by atoms with E-state index in [-0.39, 0.29) is 6.79 Å². The Bertz CT molecular complexity index is 1430. The lowest BCUT2D eigenvalue weighted by Crippen LogP contribution is -2.40. The van der Waals surface area contributed by atoms with Crippen LogP contribution in [-0.4, -0.2) is 25.6 Å². The van der Waals surface area contributed by atoms with Crippen molar-refractivity contribution >= 4 is 16.5 Å². The highest BCUT2D eigenvalue weighted by Crippen LogP contribution is 2.41. The molecule has 0 fully saturated rings. The molecule has 1 aromatic heterocycles. The van der Waals surface area contributed by atoms with E-state index in [2.05, 4.69) is 46.4 Å². The zero-order valence-corrected chi connectivity index (χ0v) is 19.4. The topological polar surface area (TPSA) is 63.8 Å². The molecule has 0 saturated carbocycles. The summed E-state index contributed by atoms with van der Waals surface area (Å²) < 4.78 is 19.2. The fraction of sp³-hybridized carbons (Fsp3) is 0.250. The van der Waals surface area contributed by atoms with Crippen LogP contribution in [-0.2, 0) is 19.4 Å².